The monoisotopic (exact) mass is 154 g/mol. The number of amides is 1. The van der Waals surface area contributed by atoms with Crippen molar-refractivity contribution in [1.82, 2.24) is 5.32 Å². The van der Waals surface area contributed by atoms with Gasteiger partial charge in [-0.15, -0.1) is 0 Å². The standard InChI is InChI=1S/C8H14N2O/c1-6(8(9)11)7-2-4-10-5-3-7/h7,10H,1-5H2,(H2,9,11). The maximum Gasteiger partial charge on any atom is 0.244 e. The third-order valence-electron chi connectivity index (χ3n) is 2.15. The maximum atomic E-state index is 10.7. The highest BCUT2D eigenvalue weighted by Gasteiger charge is 2.18. The molecule has 1 aliphatic heterocycles. The molecule has 1 heterocycles. The molecule has 1 aliphatic rings. The van der Waals surface area contributed by atoms with Gasteiger partial charge < -0.3 is 11.1 Å². The first-order chi connectivity index (χ1) is 5.22. The normalized spacial score (nSPS) is 19.6. The van der Waals surface area contributed by atoms with Crippen LogP contribution >= 0.6 is 0 Å². The first-order valence-electron chi connectivity index (χ1n) is 3.91. The Bertz CT molecular complexity index is 171. The Morgan fingerprint density at radius 2 is 2.00 bits per heavy atom. The lowest BCUT2D eigenvalue weighted by atomic mass is 9.91. The number of hydrogen-bond acceptors (Lipinski definition) is 2. The highest BCUT2D eigenvalue weighted by molar-refractivity contribution is 5.91. The van der Waals surface area contributed by atoms with Crippen LogP contribution in [-0.2, 0) is 4.79 Å². The molecule has 0 spiro atoms. The second-order valence-electron chi connectivity index (χ2n) is 2.91. The molecule has 3 nitrogen and oxygen atoms in total. The second kappa shape index (κ2) is 3.53. The van der Waals surface area contributed by atoms with Gasteiger partial charge in [-0.2, -0.15) is 0 Å². The Balaban J connectivity index is 2.45. The van der Waals surface area contributed by atoms with E-state index in [-0.39, 0.29) is 5.91 Å². The van der Waals surface area contributed by atoms with Crippen LogP contribution in [0.15, 0.2) is 12.2 Å². The zero-order chi connectivity index (χ0) is 8.27. The summed E-state index contributed by atoms with van der Waals surface area (Å²) in [5.74, 6) is -0.0364. The molecule has 3 heteroatoms. The van der Waals surface area contributed by atoms with E-state index in [1.54, 1.807) is 0 Å². The van der Waals surface area contributed by atoms with Crippen LogP contribution in [0.25, 0.3) is 0 Å². The van der Waals surface area contributed by atoms with Gasteiger partial charge in [0.25, 0.3) is 0 Å². The average Bonchev–Trinajstić information content (AvgIpc) is 2.05. The van der Waals surface area contributed by atoms with E-state index in [0.29, 0.717) is 11.5 Å². The predicted molar refractivity (Wildman–Crippen MR) is 43.9 cm³/mol. The molecule has 1 amide bonds. The van der Waals surface area contributed by atoms with Crippen molar-refractivity contribution in [2.24, 2.45) is 11.7 Å². The van der Waals surface area contributed by atoms with Crippen LogP contribution in [0.1, 0.15) is 12.8 Å². The molecule has 0 unspecified atom stereocenters. The number of hydrogen-bond donors (Lipinski definition) is 2. The molecular weight excluding hydrogens is 140 g/mol. The third-order valence-corrected chi connectivity index (χ3v) is 2.15. The maximum absolute atomic E-state index is 10.7. The molecule has 0 atom stereocenters. The van der Waals surface area contributed by atoms with E-state index in [4.69, 9.17) is 5.73 Å². The van der Waals surface area contributed by atoms with Crippen molar-refractivity contribution in [3.8, 4) is 0 Å². The summed E-state index contributed by atoms with van der Waals surface area (Å²) in [6.07, 6.45) is 1.98. The van der Waals surface area contributed by atoms with Crippen molar-refractivity contribution in [1.29, 1.82) is 0 Å². The lowest BCUT2D eigenvalue weighted by molar-refractivity contribution is -0.115. The molecule has 3 N–H and O–H groups in total. The molecular formula is C8H14N2O. The van der Waals surface area contributed by atoms with Crippen molar-refractivity contribution >= 4 is 5.91 Å². The summed E-state index contributed by atoms with van der Waals surface area (Å²) in [7, 11) is 0. The number of primary amides is 1. The largest absolute Gasteiger partial charge is 0.366 e. The number of piperidine rings is 1. The minimum Gasteiger partial charge on any atom is -0.366 e. The van der Waals surface area contributed by atoms with E-state index >= 15 is 0 Å². The van der Waals surface area contributed by atoms with E-state index in [2.05, 4.69) is 11.9 Å². The zero-order valence-electron chi connectivity index (χ0n) is 6.60. The summed E-state index contributed by atoms with van der Waals surface area (Å²) >= 11 is 0. The van der Waals surface area contributed by atoms with Gasteiger partial charge in [-0.05, 0) is 31.8 Å². The number of carbonyl (C=O) groups is 1. The van der Waals surface area contributed by atoms with Crippen LogP contribution in [-0.4, -0.2) is 19.0 Å². The predicted octanol–water partition coefficient (Wildman–Crippen LogP) is 0.0275. The minimum atomic E-state index is -0.350. The van der Waals surface area contributed by atoms with Gasteiger partial charge in [-0.25, -0.2) is 0 Å². The Morgan fingerprint density at radius 3 is 2.45 bits per heavy atom. The summed E-state index contributed by atoms with van der Waals surface area (Å²) in [5, 5.41) is 3.22. The fourth-order valence-electron chi connectivity index (χ4n) is 1.37. The summed E-state index contributed by atoms with van der Waals surface area (Å²) in [6.45, 7) is 5.61. The van der Waals surface area contributed by atoms with Crippen molar-refractivity contribution in [3.63, 3.8) is 0 Å². The van der Waals surface area contributed by atoms with Gasteiger partial charge in [0.15, 0.2) is 0 Å². The summed E-state index contributed by atoms with van der Waals surface area (Å²) < 4.78 is 0. The molecule has 1 rings (SSSR count). The first kappa shape index (κ1) is 8.27. The molecule has 0 saturated carbocycles. The second-order valence-corrected chi connectivity index (χ2v) is 2.91. The molecule has 0 radical (unpaired) electrons. The van der Waals surface area contributed by atoms with Gasteiger partial charge >= 0.3 is 0 Å². The molecule has 0 aromatic carbocycles. The van der Waals surface area contributed by atoms with Crippen molar-refractivity contribution in [3.05, 3.63) is 12.2 Å². The topological polar surface area (TPSA) is 55.1 Å². The van der Waals surface area contributed by atoms with Crippen molar-refractivity contribution in [2.75, 3.05) is 13.1 Å². The van der Waals surface area contributed by atoms with Crippen molar-refractivity contribution in [2.45, 2.75) is 12.8 Å². The Labute approximate surface area is 66.6 Å². The van der Waals surface area contributed by atoms with Gasteiger partial charge in [0.05, 0.1) is 0 Å². The molecule has 1 fully saturated rings. The van der Waals surface area contributed by atoms with E-state index in [1.807, 2.05) is 0 Å². The molecule has 0 aromatic rings. The van der Waals surface area contributed by atoms with Crippen LogP contribution in [0.4, 0.5) is 0 Å². The van der Waals surface area contributed by atoms with Gasteiger partial charge in [0, 0.05) is 5.57 Å². The van der Waals surface area contributed by atoms with Crippen LogP contribution in [0, 0.1) is 5.92 Å². The van der Waals surface area contributed by atoms with Gasteiger partial charge in [-0.3, -0.25) is 4.79 Å². The van der Waals surface area contributed by atoms with E-state index in [0.717, 1.165) is 25.9 Å². The lowest BCUT2D eigenvalue weighted by Gasteiger charge is -2.22. The quantitative estimate of drug-likeness (QED) is 0.551. The number of carbonyl (C=O) groups excluding carboxylic acids is 1. The van der Waals surface area contributed by atoms with Crippen LogP contribution in [0.3, 0.4) is 0 Å². The van der Waals surface area contributed by atoms with E-state index < -0.39 is 0 Å². The lowest BCUT2D eigenvalue weighted by Crippen LogP contribution is -2.31. The number of nitrogens with one attached hydrogen (secondary N) is 1. The smallest absolute Gasteiger partial charge is 0.244 e. The Kier molecular flexibility index (Phi) is 2.65. The van der Waals surface area contributed by atoms with E-state index in [1.165, 1.54) is 0 Å². The fraction of sp³-hybridized carbons (Fsp3) is 0.625. The molecule has 62 valence electrons. The highest BCUT2D eigenvalue weighted by atomic mass is 16.1. The fourth-order valence-corrected chi connectivity index (χ4v) is 1.37. The summed E-state index contributed by atoms with van der Waals surface area (Å²) in [4.78, 5) is 10.7. The average molecular weight is 154 g/mol. The first-order valence-corrected chi connectivity index (χ1v) is 3.91. The van der Waals surface area contributed by atoms with Gasteiger partial charge in [-0.1, -0.05) is 6.58 Å². The Morgan fingerprint density at radius 1 is 1.45 bits per heavy atom. The highest BCUT2D eigenvalue weighted by Crippen LogP contribution is 2.18. The SMILES string of the molecule is C=C(C(N)=O)C1CCNCC1. The Hall–Kier alpha value is -0.830. The zero-order valence-corrected chi connectivity index (χ0v) is 6.60. The number of rotatable bonds is 2. The molecule has 0 aromatic heterocycles. The molecule has 1 saturated heterocycles. The minimum absolute atomic E-state index is 0.314. The van der Waals surface area contributed by atoms with Crippen LogP contribution in [0.2, 0.25) is 0 Å². The summed E-state index contributed by atoms with van der Waals surface area (Å²) in [5.41, 5.74) is 5.70. The number of nitrogens with two attached hydrogens (primary N) is 1. The molecule has 0 bridgehead atoms. The van der Waals surface area contributed by atoms with Gasteiger partial charge in [0.2, 0.25) is 5.91 Å². The molecule has 11 heavy (non-hydrogen) atoms. The van der Waals surface area contributed by atoms with Gasteiger partial charge in [0.1, 0.15) is 0 Å². The third kappa shape index (κ3) is 2.05. The van der Waals surface area contributed by atoms with Crippen molar-refractivity contribution < 1.29 is 4.79 Å². The van der Waals surface area contributed by atoms with E-state index in [9.17, 15) is 4.79 Å². The summed E-state index contributed by atoms with van der Waals surface area (Å²) in [6, 6.07) is 0. The molecule has 0 aliphatic carbocycles. The van der Waals surface area contributed by atoms with Crippen LogP contribution < -0.4 is 11.1 Å². The van der Waals surface area contributed by atoms with Crippen LogP contribution in [0.5, 0.6) is 0 Å².